The van der Waals surface area contributed by atoms with Crippen molar-refractivity contribution in [3.63, 3.8) is 0 Å². The molecule has 0 saturated heterocycles. The minimum atomic E-state index is 0.829. The van der Waals surface area contributed by atoms with Gasteiger partial charge in [0.25, 0.3) is 0 Å². The number of furan rings is 2. The third-order valence-corrected chi connectivity index (χ3v) is 12.7. The Balaban J connectivity index is 1.25. The average Bonchev–Trinajstić information content (AvgIpc) is 3.99. The zero-order valence-electron chi connectivity index (χ0n) is 31.2. The van der Waals surface area contributed by atoms with Crippen LogP contribution in [0, 0.1) is 0 Å². The number of anilines is 3. The van der Waals surface area contributed by atoms with E-state index in [-0.39, 0.29) is 0 Å². The van der Waals surface area contributed by atoms with Gasteiger partial charge in [0, 0.05) is 59.2 Å². The van der Waals surface area contributed by atoms with E-state index in [0.29, 0.717) is 0 Å². The Morgan fingerprint density at radius 3 is 1.78 bits per heavy atom. The van der Waals surface area contributed by atoms with Gasteiger partial charge in [0.15, 0.2) is 0 Å². The second-order valence-electron chi connectivity index (χ2n) is 14.8. The van der Waals surface area contributed by atoms with Crippen LogP contribution in [0.25, 0.3) is 97.4 Å². The first kappa shape index (κ1) is 32.8. The molecule has 9 aromatic carbocycles. The summed E-state index contributed by atoms with van der Waals surface area (Å²) in [6.07, 6.45) is 0. The molecule has 0 N–H and O–H groups in total. The summed E-state index contributed by atoms with van der Waals surface area (Å²) < 4.78 is 16.1. The zero-order chi connectivity index (χ0) is 38.2. The fourth-order valence-electron chi connectivity index (χ4n) is 8.88. The van der Waals surface area contributed by atoms with E-state index in [1.807, 2.05) is 23.5 Å². The van der Waals surface area contributed by atoms with Crippen molar-refractivity contribution < 1.29 is 8.83 Å². The molecular formula is C54H33NO2S. The molecule has 0 bridgehead atoms. The second kappa shape index (κ2) is 13.1. The van der Waals surface area contributed by atoms with Crippen LogP contribution in [-0.4, -0.2) is 0 Å². The van der Waals surface area contributed by atoms with Crippen molar-refractivity contribution in [1.82, 2.24) is 0 Å². The predicted molar refractivity (Wildman–Crippen MR) is 245 cm³/mol. The van der Waals surface area contributed by atoms with E-state index in [4.69, 9.17) is 8.83 Å². The van der Waals surface area contributed by atoms with Crippen molar-refractivity contribution in [2.75, 3.05) is 4.90 Å². The summed E-state index contributed by atoms with van der Waals surface area (Å²) in [5.74, 6) is 0. The van der Waals surface area contributed by atoms with Crippen LogP contribution >= 0.6 is 11.3 Å². The molecule has 58 heavy (non-hydrogen) atoms. The smallest absolute Gasteiger partial charge is 0.143 e. The van der Waals surface area contributed by atoms with Crippen molar-refractivity contribution in [3.8, 4) is 33.4 Å². The molecule has 3 heterocycles. The molecule has 0 radical (unpaired) electrons. The highest BCUT2D eigenvalue weighted by atomic mass is 32.1. The predicted octanol–water partition coefficient (Wildman–Crippen LogP) is 16.3. The number of benzene rings is 9. The fourth-order valence-corrected chi connectivity index (χ4v) is 10.1. The summed E-state index contributed by atoms with van der Waals surface area (Å²) in [4.78, 5) is 2.47. The van der Waals surface area contributed by atoms with Crippen LogP contribution < -0.4 is 4.90 Å². The van der Waals surface area contributed by atoms with Crippen LogP contribution in [-0.2, 0) is 0 Å². The number of nitrogens with zero attached hydrogens (tertiary/aromatic N) is 1. The molecule has 3 aromatic heterocycles. The van der Waals surface area contributed by atoms with Gasteiger partial charge in [0.2, 0.25) is 0 Å². The lowest BCUT2D eigenvalue weighted by Crippen LogP contribution is -2.12. The van der Waals surface area contributed by atoms with E-state index >= 15 is 0 Å². The lowest BCUT2D eigenvalue weighted by molar-refractivity contribution is 0.669. The first-order valence-corrected chi connectivity index (χ1v) is 20.4. The quantitative estimate of drug-likeness (QED) is 0.169. The monoisotopic (exact) mass is 759 g/mol. The van der Waals surface area contributed by atoms with Crippen molar-refractivity contribution in [3.05, 3.63) is 200 Å². The maximum Gasteiger partial charge on any atom is 0.143 e. The average molecular weight is 760 g/mol. The summed E-state index contributed by atoms with van der Waals surface area (Å²) >= 11 is 1.85. The number of thiophene rings is 1. The third kappa shape index (κ3) is 5.05. The SMILES string of the molecule is c1ccc(-c2ccc3oc4c(-c5ccccc5)cccc4c3c2N(c2ccc3c(c2)oc2ccccc23)c2ccc(-c3ccccc3)c3sc4ccccc4c23)cc1. The lowest BCUT2D eigenvalue weighted by atomic mass is 9.95. The molecule has 12 aromatic rings. The van der Waals surface area contributed by atoms with Gasteiger partial charge in [-0.2, -0.15) is 0 Å². The van der Waals surface area contributed by atoms with E-state index in [1.165, 1.54) is 31.3 Å². The summed E-state index contributed by atoms with van der Waals surface area (Å²) in [6, 6.07) is 71.3. The lowest BCUT2D eigenvalue weighted by Gasteiger charge is -2.30. The van der Waals surface area contributed by atoms with E-state index in [2.05, 4.69) is 193 Å². The Labute approximate surface area is 338 Å². The van der Waals surface area contributed by atoms with E-state index < -0.39 is 0 Å². The zero-order valence-corrected chi connectivity index (χ0v) is 32.0. The van der Waals surface area contributed by atoms with Crippen molar-refractivity contribution in [1.29, 1.82) is 0 Å². The van der Waals surface area contributed by atoms with Crippen molar-refractivity contribution in [2.45, 2.75) is 0 Å². The first-order chi connectivity index (χ1) is 28.8. The Morgan fingerprint density at radius 2 is 1.00 bits per heavy atom. The number of fused-ring (bicyclic) bond motifs is 9. The van der Waals surface area contributed by atoms with Gasteiger partial charge < -0.3 is 13.7 Å². The number of rotatable bonds is 6. The number of hydrogen-bond donors (Lipinski definition) is 0. The van der Waals surface area contributed by atoms with Crippen LogP contribution in [0.3, 0.4) is 0 Å². The minimum Gasteiger partial charge on any atom is -0.456 e. The Bertz CT molecular complexity index is 3510. The molecule has 0 fully saturated rings. The largest absolute Gasteiger partial charge is 0.456 e. The van der Waals surface area contributed by atoms with Crippen LogP contribution in [0.5, 0.6) is 0 Å². The molecule has 0 atom stereocenters. The normalized spacial score (nSPS) is 11.8. The molecule has 0 aliphatic carbocycles. The van der Waals surface area contributed by atoms with Gasteiger partial charge in [0.05, 0.1) is 16.8 Å². The summed E-state index contributed by atoms with van der Waals surface area (Å²) in [5, 5.41) is 6.75. The van der Waals surface area contributed by atoms with Crippen LogP contribution in [0.1, 0.15) is 0 Å². The Hall–Kier alpha value is -7.40. The fraction of sp³-hybridized carbons (Fsp3) is 0. The molecule has 0 unspecified atom stereocenters. The molecule has 3 nitrogen and oxygen atoms in total. The van der Waals surface area contributed by atoms with Gasteiger partial charge in [-0.15, -0.1) is 11.3 Å². The standard InChI is InChI=1S/C54H33NO2S/c1-4-15-34(16-5-1)38-30-32-47-51(44-24-14-23-39(53(44)57-47)35-17-6-2-7-18-35)52(38)55(37-27-28-42-41-21-10-12-25-46(41)56-48(42)33-37)45-31-29-40(36-19-8-3-9-20-36)54-50(45)43-22-11-13-26-49(43)58-54/h1-33H. The maximum atomic E-state index is 6.98. The Morgan fingerprint density at radius 1 is 0.379 bits per heavy atom. The van der Waals surface area contributed by atoms with Gasteiger partial charge in [-0.3, -0.25) is 0 Å². The summed E-state index contributed by atoms with van der Waals surface area (Å²) in [5.41, 5.74) is 13.4. The molecule has 0 aliphatic rings. The van der Waals surface area contributed by atoms with Gasteiger partial charge in [-0.25, -0.2) is 0 Å². The molecule has 0 spiro atoms. The van der Waals surface area contributed by atoms with Crippen LogP contribution in [0.15, 0.2) is 209 Å². The van der Waals surface area contributed by atoms with E-state index in [1.54, 1.807) is 0 Å². The molecule has 272 valence electrons. The van der Waals surface area contributed by atoms with Crippen molar-refractivity contribution >= 4 is 92.4 Å². The Kier molecular flexibility index (Phi) is 7.40. The van der Waals surface area contributed by atoms with E-state index in [0.717, 1.165) is 83.2 Å². The molecule has 0 aliphatic heterocycles. The highest BCUT2D eigenvalue weighted by Crippen LogP contribution is 2.54. The first-order valence-electron chi connectivity index (χ1n) is 19.6. The summed E-state index contributed by atoms with van der Waals surface area (Å²) in [7, 11) is 0. The summed E-state index contributed by atoms with van der Waals surface area (Å²) in [6.45, 7) is 0. The number of hydrogen-bond acceptors (Lipinski definition) is 4. The van der Waals surface area contributed by atoms with Gasteiger partial charge in [0.1, 0.15) is 22.3 Å². The van der Waals surface area contributed by atoms with Gasteiger partial charge >= 0.3 is 0 Å². The topological polar surface area (TPSA) is 29.5 Å². The van der Waals surface area contributed by atoms with Crippen LogP contribution in [0.2, 0.25) is 0 Å². The van der Waals surface area contributed by atoms with Gasteiger partial charge in [-0.05, 0) is 64.7 Å². The number of para-hydroxylation sites is 2. The maximum absolute atomic E-state index is 6.98. The highest BCUT2D eigenvalue weighted by Gasteiger charge is 2.28. The third-order valence-electron chi connectivity index (χ3n) is 11.5. The second-order valence-corrected chi connectivity index (χ2v) is 15.8. The molecule has 0 amide bonds. The minimum absolute atomic E-state index is 0.829. The highest BCUT2D eigenvalue weighted by molar-refractivity contribution is 7.26. The molecule has 0 saturated carbocycles. The van der Waals surface area contributed by atoms with E-state index in [9.17, 15) is 0 Å². The van der Waals surface area contributed by atoms with Gasteiger partial charge in [-0.1, -0.05) is 152 Å². The van der Waals surface area contributed by atoms with Crippen molar-refractivity contribution in [2.24, 2.45) is 0 Å². The molecular weight excluding hydrogens is 727 g/mol. The van der Waals surface area contributed by atoms with Crippen LogP contribution in [0.4, 0.5) is 17.1 Å². The molecule has 4 heteroatoms. The molecule has 12 rings (SSSR count).